The van der Waals surface area contributed by atoms with Gasteiger partial charge in [0.1, 0.15) is 5.76 Å². The van der Waals surface area contributed by atoms with Gasteiger partial charge >= 0.3 is 0 Å². The molecule has 4 nitrogen and oxygen atoms in total. The second kappa shape index (κ2) is 6.06. The van der Waals surface area contributed by atoms with Crippen LogP contribution in [0.2, 0.25) is 0 Å². The SMILES string of the molecule is Cc1ncn(Cc2cc(CNCC(C)C)co2)c1C. The molecule has 1 N–H and O–H groups in total. The first-order chi connectivity index (χ1) is 9.06. The van der Waals surface area contributed by atoms with E-state index in [9.17, 15) is 0 Å². The topological polar surface area (TPSA) is 43.0 Å². The second-order valence-electron chi connectivity index (χ2n) is 5.49. The molecule has 0 saturated heterocycles. The van der Waals surface area contributed by atoms with Gasteiger partial charge in [0.15, 0.2) is 0 Å². The first-order valence-corrected chi connectivity index (χ1v) is 6.81. The number of hydrogen-bond donors (Lipinski definition) is 1. The Morgan fingerprint density at radius 3 is 2.79 bits per heavy atom. The van der Waals surface area contributed by atoms with Gasteiger partial charge in [0.05, 0.1) is 24.8 Å². The highest BCUT2D eigenvalue weighted by atomic mass is 16.3. The maximum Gasteiger partial charge on any atom is 0.123 e. The molecule has 0 aliphatic carbocycles. The summed E-state index contributed by atoms with van der Waals surface area (Å²) in [6.45, 7) is 11.2. The zero-order valence-corrected chi connectivity index (χ0v) is 12.2. The highest BCUT2D eigenvalue weighted by molar-refractivity contribution is 5.15. The molecule has 0 atom stereocenters. The van der Waals surface area contributed by atoms with Crippen molar-refractivity contribution in [1.29, 1.82) is 0 Å². The van der Waals surface area contributed by atoms with Crippen LogP contribution in [0.25, 0.3) is 0 Å². The first kappa shape index (κ1) is 13.9. The fourth-order valence-corrected chi connectivity index (χ4v) is 1.98. The summed E-state index contributed by atoms with van der Waals surface area (Å²) < 4.78 is 7.71. The van der Waals surface area contributed by atoms with Crippen molar-refractivity contribution in [1.82, 2.24) is 14.9 Å². The predicted octanol–water partition coefficient (Wildman–Crippen LogP) is 2.89. The number of aryl methyl sites for hydroxylation is 1. The third-order valence-corrected chi connectivity index (χ3v) is 3.26. The van der Waals surface area contributed by atoms with E-state index in [-0.39, 0.29) is 0 Å². The largest absolute Gasteiger partial charge is 0.467 e. The molecular weight excluding hydrogens is 238 g/mol. The summed E-state index contributed by atoms with van der Waals surface area (Å²) in [5.41, 5.74) is 3.46. The lowest BCUT2D eigenvalue weighted by Gasteiger charge is -2.05. The summed E-state index contributed by atoms with van der Waals surface area (Å²) in [6.07, 6.45) is 3.70. The molecule has 0 fully saturated rings. The van der Waals surface area contributed by atoms with Crippen LogP contribution in [-0.2, 0) is 13.1 Å². The minimum absolute atomic E-state index is 0.669. The molecule has 2 aromatic heterocycles. The maximum absolute atomic E-state index is 5.60. The van der Waals surface area contributed by atoms with Crippen LogP contribution in [0.1, 0.15) is 36.6 Å². The number of imidazole rings is 1. The molecule has 0 unspecified atom stereocenters. The monoisotopic (exact) mass is 261 g/mol. The first-order valence-electron chi connectivity index (χ1n) is 6.81. The molecule has 0 bridgehead atoms. The standard InChI is InChI=1S/C15H23N3O/c1-11(2)6-16-7-14-5-15(19-9-14)8-18-10-17-12(3)13(18)4/h5,9-11,16H,6-8H2,1-4H3. The van der Waals surface area contributed by atoms with E-state index in [2.05, 4.69) is 41.7 Å². The highest BCUT2D eigenvalue weighted by Gasteiger charge is 2.06. The fraction of sp³-hybridized carbons (Fsp3) is 0.533. The van der Waals surface area contributed by atoms with E-state index < -0.39 is 0 Å². The van der Waals surface area contributed by atoms with Gasteiger partial charge in [-0.05, 0) is 32.4 Å². The molecule has 104 valence electrons. The Morgan fingerprint density at radius 2 is 2.16 bits per heavy atom. The van der Waals surface area contributed by atoms with Crippen molar-refractivity contribution >= 4 is 0 Å². The molecule has 0 aliphatic rings. The van der Waals surface area contributed by atoms with Crippen molar-refractivity contribution in [3.63, 3.8) is 0 Å². The number of nitrogens with one attached hydrogen (secondary N) is 1. The Labute approximate surface area is 114 Å². The van der Waals surface area contributed by atoms with Gasteiger partial charge in [0.25, 0.3) is 0 Å². The molecule has 0 spiro atoms. The van der Waals surface area contributed by atoms with Crippen LogP contribution in [0, 0.1) is 19.8 Å². The van der Waals surface area contributed by atoms with Crippen molar-refractivity contribution in [2.45, 2.75) is 40.8 Å². The predicted molar refractivity (Wildman–Crippen MR) is 76.1 cm³/mol. The quantitative estimate of drug-likeness (QED) is 0.869. The van der Waals surface area contributed by atoms with E-state index in [0.29, 0.717) is 5.92 Å². The minimum Gasteiger partial charge on any atom is -0.467 e. The lowest BCUT2D eigenvalue weighted by atomic mass is 10.2. The Hall–Kier alpha value is -1.55. The van der Waals surface area contributed by atoms with E-state index in [1.165, 1.54) is 11.3 Å². The normalized spacial score (nSPS) is 11.4. The van der Waals surface area contributed by atoms with Gasteiger partial charge in [0.2, 0.25) is 0 Å². The Morgan fingerprint density at radius 1 is 1.37 bits per heavy atom. The lowest BCUT2D eigenvalue weighted by molar-refractivity contribution is 0.487. The van der Waals surface area contributed by atoms with Gasteiger partial charge in [-0.3, -0.25) is 0 Å². The summed E-state index contributed by atoms with van der Waals surface area (Å²) in [6, 6.07) is 2.11. The van der Waals surface area contributed by atoms with Crippen LogP contribution < -0.4 is 5.32 Å². The molecule has 2 aromatic rings. The molecule has 0 aromatic carbocycles. The molecule has 0 aliphatic heterocycles. The number of aromatic nitrogens is 2. The lowest BCUT2D eigenvalue weighted by Crippen LogP contribution is -2.18. The molecular formula is C15H23N3O. The highest BCUT2D eigenvalue weighted by Crippen LogP contribution is 2.12. The van der Waals surface area contributed by atoms with Crippen molar-refractivity contribution in [3.05, 3.63) is 41.4 Å². The summed E-state index contributed by atoms with van der Waals surface area (Å²) in [5, 5.41) is 3.41. The van der Waals surface area contributed by atoms with Gasteiger partial charge in [-0.1, -0.05) is 13.8 Å². The Kier molecular flexibility index (Phi) is 4.43. The van der Waals surface area contributed by atoms with Gasteiger partial charge < -0.3 is 14.3 Å². The van der Waals surface area contributed by atoms with Crippen molar-refractivity contribution in [3.8, 4) is 0 Å². The van der Waals surface area contributed by atoms with E-state index in [4.69, 9.17) is 4.42 Å². The smallest absolute Gasteiger partial charge is 0.123 e. The molecule has 2 heterocycles. The number of rotatable bonds is 6. The number of furan rings is 1. The molecule has 0 saturated carbocycles. The number of nitrogens with zero attached hydrogens (tertiary/aromatic N) is 2. The maximum atomic E-state index is 5.60. The van der Waals surface area contributed by atoms with E-state index in [1.807, 2.05) is 19.5 Å². The van der Waals surface area contributed by atoms with Crippen LogP contribution in [0.3, 0.4) is 0 Å². The van der Waals surface area contributed by atoms with Crippen LogP contribution in [-0.4, -0.2) is 16.1 Å². The summed E-state index contributed by atoms with van der Waals surface area (Å²) in [5.74, 6) is 1.64. The fourth-order valence-electron chi connectivity index (χ4n) is 1.98. The summed E-state index contributed by atoms with van der Waals surface area (Å²) >= 11 is 0. The zero-order valence-electron chi connectivity index (χ0n) is 12.2. The minimum atomic E-state index is 0.669. The van der Waals surface area contributed by atoms with Gasteiger partial charge in [-0.15, -0.1) is 0 Å². The van der Waals surface area contributed by atoms with Crippen LogP contribution in [0.4, 0.5) is 0 Å². The Bertz CT molecular complexity index is 525. The summed E-state index contributed by atoms with van der Waals surface area (Å²) in [7, 11) is 0. The molecule has 2 rings (SSSR count). The average molecular weight is 261 g/mol. The summed E-state index contributed by atoms with van der Waals surface area (Å²) in [4.78, 5) is 4.30. The van der Waals surface area contributed by atoms with Crippen molar-refractivity contribution in [2.75, 3.05) is 6.54 Å². The molecule has 0 amide bonds. The average Bonchev–Trinajstić information content (AvgIpc) is 2.91. The van der Waals surface area contributed by atoms with Crippen molar-refractivity contribution < 1.29 is 4.42 Å². The van der Waals surface area contributed by atoms with Crippen LogP contribution in [0.15, 0.2) is 23.1 Å². The van der Waals surface area contributed by atoms with E-state index in [1.54, 1.807) is 0 Å². The molecule has 0 radical (unpaired) electrons. The van der Waals surface area contributed by atoms with Crippen molar-refractivity contribution in [2.24, 2.45) is 5.92 Å². The molecule has 4 heteroatoms. The van der Waals surface area contributed by atoms with E-state index >= 15 is 0 Å². The zero-order chi connectivity index (χ0) is 13.8. The van der Waals surface area contributed by atoms with Gasteiger partial charge in [0, 0.05) is 17.8 Å². The second-order valence-corrected chi connectivity index (χ2v) is 5.49. The van der Waals surface area contributed by atoms with Crippen LogP contribution >= 0.6 is 0 Å². The third-order valence-electron chi connectivity index (χ3n) is 3.26. The van der Waals surface area contributed by atoms with Gasteiger partial charge in [-0.25, -0.2) is 4.98 Å². The molecule has 19 heavy (non-hydrogen) atoms. The number of hydrogen-bond acceptors (Lipinski definition) is 3. The Balaban J connectivity index is 1.92. The van der Waals surface area contributed by atoms with E-state index in [0.717, 1.165) is 31.1 Å². The van der Waals surface area contributed by atoms with Gasteiger partial charge in [-0.2, -0.15) is 0 Å². The van der Waals surface area contributed by atoms with Crippen LogP contribution in [0.5, 0.6) is 0 Å². The third kappa shape index (κ3) is 3.70.